The Kier molecular flexibility index (Phi) is 4.97. The van der Waals surface area contributed by atoms with E-state index in [1.807, 2.05) is 6.92 Å². The van der Waals surface area contributed by atoms with Crippen molar-refractivity contribution in [2.75, 3.05) is 6.54 Å². The number of benzene rings is 1. The number of amides is 1. The molecule has 2 rings (SSSR count). The summed E-state index contributed by atoms with van der Waals surface area (Å²) in [6.45, 7) is 4.77. The van der Waals surface area contributed by atoms with Gasteiger partial charge in [-0.3, -0.25) is 10.1 Å². The van der Waals surface area contributed by atoms with Crippen LogP contribution in [-0.4, -0.2) is 18.5 Å². The summed E-state index contributed by atoms with van der Waals surface area (Å²) in [4.78, 5) is 11.9. The second kappa shape index (κ2) is 6.71. The lowest BCUT2D eigenvalue weighted by molar-refractivity contribution is -0.122. The molecule has 0 spiro atoms. The van der Waals surface area contributed by atoms with Gasteiger partial charge in [0.1, 0.15) is 0 Å². The van der Waals surface area contributed by atoms with Crippen LogP contribution in [-0.2, 0) is 11.2 Å². The largest absolute Gasteiger partial charge is 0.355 e. The Hall–Kier alpha value is -1.35. The molecule has 104 valence electrons. The first-order valence-corrected chi connectivity index (χ1v) is 7.34. The van der Waals surface area contributed by atoms with Crippen molar-refractivity contribution >= 4 is 5.91 Å². The molecular formula is C16H24N2O. The maximum Gasteiger partial charge on any atom is 0.236 e. The van der Waals surface area contributed by atoms with E-state index in [1.165, 1.54) is 17.5 Å². The Balaban J connectivity index is 1.98. The van der Waals surface area contributed by atoms with Crippen LogP contribution in [0.15, 0.2) is 24.3 Å². The Morgan fingerprint density at radius 3 is 3.00 bits per heavy atom. The number of nitrogens with one attached hydrogen (secondary N) is 2. The number of fused-ring (bicyclic) bond motifs is 1. The average Bonchev–Trinajstić information content (AvgIpc) is 2.45. The second-order valence-electron chi connectivity index (χ2n) is 5.32. The zero-order valence-corrected chi connectivity index (χ0v) is 11.9. The fraction of sp³-hybridized carbons (Fsp3) is 0.562. The van der Waals surface area contributed by atoms with Crippen LogP contribution in [0.5, 0.6) is 0 Å². The normalized spacial score (nSPS) is 19.6. The molecule has 3 nitrogen and oxygen atoms in total. The topological polar surface area (TPSA) is 41.1 Å². The molecule has 0 bridgehead atoms. The Bertz CT molecular complexity index is 431. The summed E-state index contributed by atoms with van der Waals surface area (Å²) < 4.78 is 0. The molecule has 3 heteroatoms. The van der Waals surface area contributed by atoms with Crippen molar-refractivity contribution < 1.29 is 4.79 Å². The van der Waals surface area contributed by atoms with E-state index in [0.29, 0.717) is 6.04 Å². The summed E-state index contributed by atoms with van der Waals surface area (Å²) in [6, 6.07) is 8.74. The molecule has 2 unspecified atom stereocenters. The highest BCUT2D eigenvalue weighted by Crippen LogP contribution is 2.29. The minimum atomic E-state index is -0.136. The molecule has 0 saturated heterocycles. The summed E-state index contributed by atoms with van der Waals surface area (Å²) in [6.07, 6.45) is 4.44. The highest BCUT2D eigenvalue weighted by atomic mass is 16.2. The van der Waals surface area contributed by atoms with Crippen molar-refractivity contribution in [3.8, 4) is 0 Å². The fourth-order valence-electron chi connectivity index (χ4n) is 2.71. The van der Waals surface area contributed by atoms with E-state index < -0.39 is 0 Å². The van der Waals surface area contributed by atoms with Gasteiger partial charge in [0.05, 0.1) is 6.04 Å². The molecular weight excluding hydrogens is 236 g/mol. The van der Waals surface area contributed by atoms with Crippen molar-refractivity contribution in [3.05, 3.63) is 35.4 Å². The molecule has 0 saturated carbocycles. The van der Waals surface area contributed by atoms with Gasteiger partial charge in [-0.25, -0.2) is 0 Å². The van der Waals surface area contributed by atoms with Crippen LogP contribution in [0.2, 0.25) is 0 Å². The maximum atomic E-state index is 11.9. The summed E-state index contributed by atoms with van der Waals surface area (Å²) in [5, 5.41) is 6.42. The third kappa shape index (κ3) is 3.57. The predicted octanol–water partition coefficient (Wildman–Crippen LogP) is 2.57. The molecule has 19 heavy (non-hydrogen) atoms. The van der Waals surface area contributed by atoms with Gasteiger partial charge in [0.25, 0.3) is 0 Å². The van der Waals surface area contributed by atoms with E-state index in [-0.39, 0.29) is 11.9 Å². The van der Waals surface area contributed by atoms with Crippen molar-refractivity contribution in [2.24, 2.45) is 0 Å². The minimum Gasteiger partial charge on any atom is -0.355 e. The quantitative estimate of drug-likeness (QED) is 0.854. The lowest BCUT2D eigenvalue weighted by Gasteiger charge is -2.28. The zero-order chi connectivity index (χ0) is 13.7. The van der Waals surface area contributed by atoms with Gasteiger partial charge in [-0.2, -0.15) is 0 Å². The van der Waals surface area contributed by atoms with Gasteiger partial charge in [0, 0.05) is 12.6 Å². The molecule has 1 aliphatic carbocycles. The third-order valence-corrected chi connectivity index (χ3v) is 3.76. The van der Waals surface area contributed by atoms with Gasteiger partial charge >= 0.3 is 0 Å². The van der Waals surface area contributed by atoms with Gasteiger partial charge in [0.15, 0.2) is 0 Å². The van der Waals surface area contributed by atoms with E-state index in [1.54, 1.807) is 0 Å². The van der Waals surface area contributed by atoms with Crippen molar-refractivity contribution in [2.45, 2.75) is 51.6 Å². The first-order chi connectivity index (χ1) is 9.22. The van der Waals surface area contributed by atoms with Crippen LogP contribution >= 0.6 is 0 Å². The smallest absolute Gasteiger partial charge is 0.236 e. The number of hydrogen-bond acceptors (Lipinski definition) is 2. The molecule has 2 atom stereocenters. The highest BCUT2D eigenvalue weighted by Gasteiger charge is 2.23. The first-order valence-electron chi connectivity index (χ1n) is 7.34. The van der Waals surface area contributed by atoms with Gasteiger partial charge < -0.3 is 5.32 Å². The van der Waals surface area contributed by atoms with E-state index >= 15 is 0 Å². The van der Waals surface area contributed by atoms with Crippen LogP contribution in [0.3, 0.4) is 0 Å². The van der Waals surface area contributed by atoms with Crippen molar-refractivity contribution in [3.63, 3.8) is 0 Å². The lowest BCUT2D eigenvalue weighted by Crippen LogP contribution is -2.44. The molecule has 1 aromatic carbocycles. The van der Waals surface area contributed by atoms with Crippen LogP contribution in [0.1, 0.15) is 50.3 Å². The van der Waals surface area contributed by atoms with Gasteiger partial charge in [-0.05, 0) is 43.7 Å². The van der Waals surface area contributed by atoms with E-state index in [9.17, 15) is 4.79 Å². The predicted molar refractivity (Wildman–Crippen MR) is 78.0 cm³/mol. The molecule has 0 radical (unpaired) electrons. The maximum absolute atomic E-state index is 11.9. The van der Waals surface area contributed by atoms with Gasteiger partial charge in [0.2, 0.25) is 5.91 Å². The van der Waals surface area contributed by atoms with Crippen LogP contribution in [0, 0.1) is 0 Å². The van der Waals surface area contributed by atoms with Crippen LogP contribution < -0.4 is 10.6 Å². The lowest BCUT2D eigenvalue weighted by atomic mass is 9.87. The summed E-state index contributed by atoms with van der Waals surface area (Å²) >= 11 is 0. The van der Waals surface area contributed by atoms with E-state index in [4.69, 9.17) is 0 Å². The zero-order valence-electron chi connectivity index (χ0n) is 11.9. The molecule has 0 aromatic heterocycles. The Labute approximate surface area is 115 Å². The average molecular weight is 260 g/mol. The molecule has 0 fully saturated rings. The third-order valence-electron chi connectivity index (χ3n) is 3.76. The highest BCUT2D eigenvalue weighted by molar-refractivity contribution is 5.81. The van der Waals surface area contributed by atoms with E-state index in [0.717, 1.165) is 25.8 Å². The fourth-order valence-corrected chi connectivity index (χ4v) is 2.71. The van der Waals surface area contributed by atoms with Crippen molar-refractivity contribution in [1.82, 2.24) is 10.6 Å². The molecule has 0 heterocycles. The number of carbonyl (C=O) groups is 1. The van der Waals surface area contributed by atoms with Gasteiger partial charge in [-0.1, -0.05) is 31.2 Å². The Morgan fingerprint density at radius 2 is 2.21 bits per heavy atom. The molecule has 1 aliphatic rings. The molecule has 1 amide bonds. The number of hydrogen-bond donors (Lipinski definition) is 2. The SMILES string of the molecule is CCCNC(=O)C(C)NC1CCCc2ccccc21. The second-order valence-corrected chi connectivity index (χ2v) is 5.32. The standard InChI is InChI=1S/C16H24N2O/c1-3-11-17-16(19)12(2)18-15-10-6-8-13-7-4-5-9-14(13)15/h4-5,7,9,12,15,18H,3,6,8,10-11H2,1-2H3,(H,17,19). The summed E-state index contributed by atoms with van der Waals surface area (Å²) in [7, 11) is 0. The molecule has 2 N–H and O–H groups in total. The number of carbonyl (C=O) groups excluding carboxylic acids is 1. The van der Waals surface area contributed by atoms with Crippen LogP contribution in [0.25, 0.3) is 0 Å². The number of rotatable bonds is 5. The first kappa shape index (κ1) is 14.1. The van der Waals surface area contributed by atoms with E-state index in [2.05, 4.69) is 41.8 Å². The number of aryl methyl sites for hydroxylation is 1. The monoisotopic (exact) mass is 260 g/mol. The minimum absolute atomic E-state index is 0.102. The Morgan fingerprint density at radius 1 is 1.42 bits per heavy atom. The summed E-state index contributed by atoms with van der Waals surface area (Å²) in [5.74, 6) is 0.102. The molecule has 1 aromatic rings. The van der Waals surface area contributed by atoms with Crippen LogP contribution in [0.4, 0.5) is 0 Å². The summed E-state index contributed by atoms with van der Waals surface area (Å²) in [5.41, 5.74) is 2.79. The van der Waals surface area contributed by atoms with Crippen molar-refractivity contribution in [1.29, 1.82) is 0 Å². The van der Waals surface area contributed by atoms with Gasteiger partial charge in [-0.15, -0.1) is 0 Å². The molecule has 0 aliphatic heterocycles.